The smallest absolute Gasteiger partial charge is 0.162 e. The third-order valence-electron chi connectivity index (χ3n) is 6.31. The number of carbonyl (C=O) groups excluding carboxylic acids is 1. The molecule has 2 bridgehead atoms. The van der Waals surface area contributed by atoms with Gasteiger partial charge >= 0.3 is 0 Å². The van der Waals surface area contributed by atoms with Crippen molar-refractivity contribution in [1.82, 2.24) is 0 Å². The van der Waals surface area contributed by atoms with Crippen LogP contribution in [0.2, 0.25) is 0 Å². The van der Waals surface area contributed by atoms with Crippen LogP contribution >= 0.6 is 0 Å². The van der Waals surface area contributed by atoms with E-state index in [1.165, 1.54) is 0 Å². The maximum Gasteiger partial charge on any atom is 0.162 e. The zero-order valence-electron chi connectivity index (χ0n) is 13.2. The zero-order valence-corrected chi connectivity index (χ0v) is 13.2. The van der Waals surface area contributed by atoms with E-state index in [2.05, 4.69) is 6.92 Å². The molecule has 4 rings (SSSR count). The van der Waals surface area contributed by atoms with Gasteiger partial charge in [0, 0.05) is 11.3 Å². The number of halogens is 1. The molecule has 0 amide bonds. The van der Waals surface area contributed by atoms with Crippen molar-refractivity contribution in [1.29, 1.82) is 0 Å². The number of rotatable bonds is 2. The molecule has 1 aromatic rings. The number of Topliss-reactive ketones (excluding diaryl/α,β-unsaturated/α-hetero) is 1. The molecule has 3 unspecified atom stereocenters. The van der Waals surface area contributed by atoms with Crippen LogP contribution in [-0.2, 0) is 11.2 Å². The number of benzene rings is 1. The quantitative estimate of drug-likeness (QED) is 0.834. The van der Waals surface area contributed by atoms with Crippen LogP contribution in [0.4, 0.5) is 10.1 Å². The molecule has 3 aliphatic carbocycles. The summed E-state index contributed by atoms with van der Waals surface area (Å²) in [6.45, 7) is 4.24. The minimum atomic E-state index is -0.269. The van der Waals surface area contributed by atoms with Crippen molar-refractivity contribution in [2.24, 2.45) is 17.3 Å². The van der Waals surface area contributed by atoms with Crippen molar-refractivity contribution in [2.45, 2.75) is 46.0 Å². The lowest BCUT2D eigenvalue weighted by Crippen LogP contribution is -2.30. The normalized spacial score (nSPS) is 32.4. The molecule has 1 aromatic carbocycles. The number of hydrogen-bond donors (Lipinski definition) is 1. The minimum absolute atomic E-state index is 0.0182. The summed E-state index contributed by atoms with van der Waals surface area (Å²) in [4.78, 5) is 12.8. The molecule has 2 N–H and O–H groups in total. The van der Waals surface area contributed by atoms with Crippen LogP contribution in [0.5, 0.6) is 0 Å². The summed E-state index contributed by atoms with van der Waals surface area (Å²) in [6, 6.07) is 3.59. The molecule has 0 aliphatic heterocycles. The van der Waals surface area contributed by atoms with Gasteiger partial charge in [0.2, 0.25) is 0 Å². The van der Waals surface area contributed by atoms with Crippen LogP contribution in [0, 0.1) is 23.1 Å². The van der Waals surface area contributed by atoms with E-state index in [-0.39, 0.29) is 22.8 Å². The summed E-state index contributed by atoms with van der Waals surface area (Å²) in [6.07, 6.45) is 4.38. The van der Waals surface area contributed by atoms with E-state index in [9.17, 15) is 9.18 Å². The summed E-state index contributed by atoms with van der Waals surface area (Å²) in [5.41, 5.74) is 9.80. The first-order valence-electron chi connectivity index (χ1n) is 8.38. The van der Waals surface area contributed by atoms with Crippen molar-refractivity contribution in [2.75, 3.05) is 5.73 Å². The van der Waals surface area contributed by atoms with Crippen LogP contribution in [0.25, 0.3) is 5.57 Å². The van der Waals surface area contributed by atoms with Crippen molar-refractivity contribution in [3.63, 3.8) is 0 Å². The maximum absolute atomic E-state index is 14.6. The van der Waals surface area contributed by atoms with Crippen molar-refractivity contribution in [3.05, 3.63) is 34.6 Å². The maximum atomic E-state index is 14.6. The van der Waals surface area contributed by atoms with Gasteiger partial charge in [0.1, 0.15) is 5.82 Å². The van der Waals surface area contributed by atoms with Gasteiger partial charge in [0.25, 0.3) is 0 Å². The molecule has 3 atom stereocenters. The molecule has 3 aliphatic rings. The van der Waals surface area contributed by atoms with Gasteiger partial charge in [-0.3, -0.25) is 4.79 Å². The second-order valence-electron chi connectivity index (χ2n) is 7.14. The third-order valence-corrected chi connectivity index (χ3v) is 6.31. The zero-order chi connectivity index (χ0) is 15.6. The highest BCUT2D eigenvalue weighted by atomic mass is 19.1. The van der Waals surface area contributed by atoms with Gasteiger partial charge in [0.15, 0.2) is 5.78 Å². The summed E-state index contributed by atoms with van der Waals surface area (Å²) in [5, 5.41) is 0. The van der Waals surface area contributed by atoms with Crippen molar-refractivity contribution < 1.29 is 9.18 Å². The molecule has 1 fully saturated rings. The highest BCUT2D eigenvalue weighted by Crippen LogP contribution is 2.66. The van der Waals surface area contributed by atoms with E-state index in [0.29, 0.717) is 11.7 Å². The van der Waals surface area contributed by atoms with Gasteiger partial charge in [-0.05, 0) is 59.9 Å². The molecule has 0 heterocycles. The first-order chi connectivity index (χ1) is 10.5. The van der Waals surface area contributed by atoms with E-state index in [1.807, 2.05) is 13.0 Å². The van der Waals surface area contributed by atoms with E-state index in [4.69, 9.17) is 5.73 Å². The van der Waals surface area contributed by atoms with E-state index >= 15 is 0 Å². The topological polar surface area (TPSA) is 43.1 Å². The lowest BCUT2D eigenvalue weighted by Gasteiger charge is -2.36. The van der Waals surface area contributed by atoms with Crippen LogP contribution in [0.15, 0.2) is 17.7 Å². The lowest BCUT2D eigenvalue weighted by molar-refractivity contribution is -0.119. The molecule has 0 radical (unpaired) electrons. The predicted molar refractivity (Wildman–Crippen MR) is 85.7 cm³/mol. The molecule has 0 aromatic heterocycles. The Kier molecular flexibility index (Phi) is 2.82. The van der Waals surface area contributed by atoms with Crippen LogP contribution in [0.3, 0.4) is 0 Å². The average molecular weight is 299 g/mol. The summed E-state index contributed by atoms with van der Waals surface area (Å²) in [5.74, 6) is 0.677. The fourth-order valence-electron chi connectivity index (χ4n) is 5.44. The van der Waals surface area contributed by atoms with E-state index in [0.717, 1.165) is 54.4 Å². The number of hydrogen-bond acceptors (Lipinski definition) is 2. The standard InChI is InChI=1S/C19H22FNO/c1-3-11-7-10-8-19(11)9-14-13(5-6-15(21)17(14)20)16(19)12(4-2)18(10)22/h5-6,10-11H,3-4,7-9,21H2,1-2H3. The van der Waals surface area contributed by atoms with Gasteiger partial charge in [-0.2, -0.15) is 0 Å². The Bertz CT molecular complexity index is 720. The highest BCUT2D eigenvalue weighted by Gasteiger charge is 2.58. The Hall–Kier alpha value is -1.64. The lowest BCUT2D eigenvalue weighted by atomic mass is 9.66. The van der Waals surface area contributed by atoms with Crippen LogP contribution in [-0.4, -0.2) is 5.78 Å². The molecular formula is C19H22FNO. The number of nitrogen functional groups attached to an aromatic ring is 1. The van der Waals surface area contributed by atoms with Gasteiger partial charge in [-0.1, -0.05) is 26.3 Å². The second kappa shape index (κ2) is 4.43. The monoisotopic (exact) mass is 299 g/mol. The first kappa shape index (κ1) is 14.0. The molecular weight excluding hydrogens is 277 g/mol. The number of allylic oxidation sites excluding steroid dienone is 2. The van der Waals surface area contributed by atoms with Crippen LogP contribution < -0.4 is 5.73 Å². The van der Waals surface area contributed by atoms with E-state index < -0.39 is 0 Å². The number of fused-ring (bicyclic) bond motifs is 3. The Labute approximate surface area is 130 Å². The summed E-state index contributed by atoms with van der Waals surface area (Å²) >= 11 is 0. The molecule has 3 heteroatoms. The van der Waals surface area contributed by atoms with Crippen LogP contribution in [0.1, 0.15) is 50.7 Å². The van der Waals surface area contributed by atoms with Gasteiger partial charge in [-0.25, -0.2) is 4.39 Å². The number of anilines is 1. The minimum Gasteiger partial charge on any atom is -0.396 e. The predicted octanol–water partition coefficient (Wildman–Crippen LogP) is 4.13. The molecule has 2 nitrogen and oxygen atoms in total. The second-order valence-corrected chi connectivity index (χ2v) is 7.14. The largest absolute Gasteiger partial charge is 0.396 e. The van der Waals surface area contributed by atoms with Crippen molar-refractivity contribution >= 4 is 17.0 Å². The summed E-state index contributed by atoms with van der Waals surface area (Å²) in [7, 11) is 0. The molecule has 1 spiro atoms. The first-order valence-corrected chi connectivity index (χ1v) is 8.38. The van der Waals surface area contributed by atoms with Gasteiger partial charge in [-0.15, -0.1) is 0 Å². The van der Waals surface area contributed by atoms with Gasteiger partial charge < -0.3 is 5.73 Å². The fraction of sp³-hybridized carbons (Fsp3) is 0.526. The number of carbonyl (C=O) groups is 1. The summed E-state index contributed by atoms with van der Waals surface area (Å²) < 4.78 is 14.6. The Morgan fingerprint density at radius 2 is 2.14 bits per heavy atom. The molecule has 0 saturated heterocycles. The molecule has 116 valence electrons. The fourth-order valence-corrected chi connectivity index (χ4v) is 5.44. The Morgan fingerprint density at radius 3 is 2.82 bits per heavy atom. The number of ketones is 1. The SMILES string of the molecule is CCC1=C2c3ccc(N)c(F)c3CC23CC(CC3CC)C1=O. The molecule has 22 heavy (non-hydrogen) atoms. The Balaban J connectivity index is 2.03. The van der Waals surface area contributed by atoms with Gasteiger partial charge in [0.05, 0.1) is 5.69 Å². The molecule has 1 saturated carbocycles. The van der Waals surface area contributed by atoms with E-state index in [1.54, 1.807) is 6.07 Å². The Morgan fingerprint density at radius 1 is 1.36 bits per heavy atom. The third kappa shape index (κ3) is 1.47. The average Bonchev–Trinajstić information content (AvgIpc) is 3.02. The number of nitrogens with two attached hydrogens (primary N) is 1. The highest BCUT2D eigenvalue weighted by molar-refractivity contribution is 6.08. The van der Waals surface area contributed by atoms with Crippen molar-refractivity contribution in [3.8, 4) is 0 Å².